The summed E-state index contributed by atoms with van der Waals surface area (Å²) in [6.07, 6.45) is -3.42. The molecule has 126 valence electrons. The third-order valence-corrected chi connectivity index (χ3v) is 2.73. The first-order valence-corrected chi connectivity index (χ1v) is 6.93. The number of carboxylic acid groups (broad SMARTS) is 1. The first-order chi connectivity index (χ1) is 10.8. The second-order valence-electron chi connectivity index (χ2n) is 4.34. The predicted molar refractivity (Wildman–Crippen MR) is 79.2 cm³/mol. The molecule has 0 aliphatic heterocycles. The molecule has 0 unspecified atom stereocenters. The van der Waals surface area contributed by atoms with Gasteiger partial charge in [-0.25, -0.2) is 9.59 Å². The summed E-state index contributed by atoms with van der Waals surface area (Å²) in [7, 11) is 0. The number of amides is 1. The fourth-order valence-corrected chi connectivity index (χ4v) is 1.68. The van der Waals surface area contributed by atoms with E-state index in [1.807, 2.05) is 0 Å². The molecule has 1 aromatic rings. The van der Waals surface area contributed by atoms with E-state index in [0.717, 1.165) is 6.92 Å². The van der Waals surface area contributed by atoms with Crippen molar-refractivity contribution < 1.29 is 33.7 Å². The minimum atomic E-state index is -1.37. The molecule has 9 heteroatoms. The summed E-state index contributed by atoms with van der Waals surface area (Å²) >= 11 is 5.87. The van der Waals surface area contributed by atoms with E-state index < -0.39 is 30.4 Å². The molecule has 0 radical (unpaired) electrons. The van der Waals surface area contributed by atoms with Crippen LogP contribution in [0, 0.1) is 0 Å². The smallest absolute Gasteiger partial charge is 0.410 e. The Balaban J connectivity index is 2.54. The summed E-state index contributed by atoms with van der Waals surface area (Å²) in [5.41, 5.74) is 0. The van der Waals surface area contributed by atoms with Crippen LogP contribution in [0.5, 0.6) is 5.75 Å². The first kappa shape index (κ1) is 18.6. The number of carbonyl (C=O) groups excluding carboxylic acids is 2. The average Bonchev–Trinajstić information content (AvgIpc) is 2.43. The number of para-hydroxylation sites is 1. The normalized spacial score (nSPS) is 12.7. The number of carbonyl (C=O) groups is 3. The van der Waals surface area contributed by atoms with Gasteiger partial charge in [0.25, 0.3) is 0 Å². The summed E-state index contributed by atoms with van der Waals surface area (Å²) in [6, 6.07) is 6.33. The Morgan fingerprint density at radius 1 is 1.26 bits per heavy atom. The first-order valence-electron chi connectivity index (χ1n) is 6.55. The Morgan fingerprint density at radius 2 is 1.91 bits per heavy atom. The molecule has 0 saturated carbocycles. The molecule has 0 aliphatic carbocycles. The van der Waals surface area contributed by atoms with Crippen molar-refractivity contribution >= 4 is 29.6 Å². The number of hydrogen-bond acceptors (Lipinski definition) is 6. The fraction of sp³-hybridized carbons (Fsp3) is 0.357. The minimum Gasteiger partial charge on any atom is -0.478 e. The van der Waals surface area contributed by atoms with Crippen molar-refractivity contribution in [2.24, 2.45) is 0 Å². The van der Waals surface area contributed by atoms with Gasteiger partial charge < -0.3 is 24.6 Å². The molecule has 0 spiro atoms. The second-order valence-corrected chi connectivity index (χ2v) is 4.75. The number of ether oxygens (including phenoxy) is 3. The number of hydrogen-bond donors (Lipinski definition) is 2. The number of benzene rings is 1. The van der Waals surface area contributed by atoms with E-state index >= 15 is 0 Å². The number of esters is 1. The van der Waals surface area contributed by atoms with E-state index in [1.54, 1.807) is 12.1 Å². The molecule has 0 aromatic heterocycles. The topological polar surface area (TPSA) is 111 Å². The molecule has 2 atom stereocenters. The zero-order chi connectivity index (χ0) is 17.4. The largest absolute Gasteiger partial charge is 0.478 e. The number of halogens is 1. The van der Waals surface area contributed by atoms with E-state index in [1.165, 1.54) is 19.1 Å². The van der Waals surface area contributed by atoms with Crippen LogP contribution in [0.25, 0.3) is 0 Å². The lowest BCUT2D eigenvalue weighted by atomic mass is 10.3. The zero-order valence-electron chi connectivity index (χ0n) is 12.4. The van der Waals surface area contributed by atoms with Crippen molar-refractivity contribution in [3.05, 3.63) is 29.3 Å². The van der Waals surface area contributed by atoms with E-state index in [-0.39, 0.29) is 17.3 Å². The van der Waals surface area contributed by atoms with Crippen LogP contribution in [0.2, 0.25) is 5.02 Å². The molecule has 1 amide bonds. The lowest BCUT2D eigenvalue weighted by Crippen LogP contribution is -2.41. The van der Waals surface area contributed by atoms with E-state index in [2.05, 4.69) is 10.1 Å². The van der Waals surface area contributed by atoms with Crippen LogP contribution >= 0.6 is 11.6 Å². The highest BCUT2D eigenvalue weighted by Gasteiger charge is 2.22. The maximum absolute atomic E-state index is 11.5. The molecule has 0 fully saturated rings. The Bertz CT molecular complexity index is 578. The average molecular weight is 346 g/mol. The molecular formula is C14H16ClNO7. The van der Waals surface area contributed by atoms with Gasteiger partial charge >= 0.3 is 18.0 Å². The Kier molecular flexibility index (Phi) is 7.14. The van der Waals surface area contributed by atoms with Gasteiger partial charge in [-0.2, -0.15) is 0 Å². The van der Waals surface area contributed by atoms with Crippen molar-refractivity contribution in [1.82, 2.24) is 5.32 Å². The summed E-state index contributed by atoms with van der Waals surface area (Å²) in [5, 5.41) is 11.6. The molecule has 2 N–H and O–H groups in total. The van der Waals surface area contributed by atoms with Crippen LogP contribution in [0.15, 0.2) is 24.3 Å². The molecule has 0 aliphatic rings. The molecule has 1 rings (SSSR count). The van der Waals surface area contributed by atoms with Gasteiger partial charge in [0.05, 0.1) is 11.6 Å². The van der Waals surface area contributed by atoms with Gasteiger partial charge in [0.15, 0.2) is 0 Å². The number of rotatable bonds is 7. The summed E-state index contributed by atoms with van der Waals surface area (Å²) in [6.45, 7) is 2.14. The molecule has 0 saturated heterocycles. The maximum Gasteiger partial charge on any atom is 0.410 e. The van der Waals surface area contributed by atoms with Crippen molar-refractivity contribution in [2.45, 2.75) is 26.2 Å². The third-order valence-electron chi connectivity index (χ3n) is 2.42. The van der Waals surface area contributed by atoms with Crippen LogP contribution in [0.1, 0.15) is 13.8 Å². The van der Waals surface area contributed by atoms with Gasteiger partial charge in [0.1, 0.15) is 5.75 Å². The number of nitrogens with one attached hydrogen (secondary N) is 1. The molecule has 0 bridgehead atoms. The Labute approximate surface area is 137 Å². The van der Waals surface area contributed by atoms with Crippen molar-refractivity contribution in [3.8, 4) is 5.75 Å². The van der Waals surface area contributed by atoms with Crippen LogP contribution in [-0.2, 0) is 19.1 Å². The van der Waals surface area contributed by atoms with E-state index in [9.17, 15) is 14.4 Å². The predicted octanol–water partition coefficient (Wildman–Crippen LogP) is 1.81. The van der Waals surface area contributed by atoms with E-state index in [0.29, 0.717) is 0 Å². The lowest BCUT2D eigenvalue weighted by molar-refractivity contribution is -0.162. The summed E-state index contributed by atoms with van der Waals surface area (Å²) in [5.74, 6) is -1.74. The second kappa shape index (κ2) is 8.84. The van der Waals surface area contributed by atoms with Gasteiger partial charge in [-0.3, -0.25) is 4.79 Å². The lowest BCUT2D eigenvalue weighted by Gasteiger charge is -2.18. The van der Waals surface area contributed by atoms with Crippen LogP contribution < -0.4 is 10.1 Å². The Hall–Kier alpha value is -2.48. The number of carboxylic acids is 1. The van der Waals surface area contributed by atoms with Crippen LogP contribution in [0.3, 0.4) is 0 Å². The highest BCUT2D eigenvalue weighted by atomic mass is 35.5. The van der Waals surface area contributed by atoms with Crippen LogP contribution in [0.4, 0.5) is 4.79 Å². The van der Waals surface area contributed by atoms with Gasteiger partial charge in [-0.15, -0.1) is 0 Å². The molecule has 8 nitrogen and oxygen atoms in total. The van der Waals surface area contributed by atoms with Crippen molar-refractivity contribution in [2.75, 3.05) is 6.54 Å². The van der Waals surface area contributed by atoms with Gasteiger partial charge in [-0.1, -0.05) is 23.7 Å². The van der Waals surface area contributed by atoms with E-state index in [4.69, 9.17) is 26.2 Å². The van der Waals surface area contributed by atoms with Gasteiger partial charge in [0, 0.05) is 13.8 Å². The summed E-state index contributed by atoms with van der Waals surface area (Å²) in [4.78, 5) is 33.3. The molecule has 1 aromatic carbocycles. The fourth-order valence-electron chi connectivity index (χ4n) is 1.50. The van der Waals surface area contributed by atoms with Gasteiger partial charge in [0.2, 0.25) is 12.4 Å². The van der Waals surface area contributed by atoms with Crippen LogP contribution in [-0.4, -0.2) is 42.1 Å². The maximum atomic E-state index is 11.5. The Morgan fingerprint density at radius 3 is 2.48 bits per heavy atom. The number of aliphatic carboxylic acids is 1. The SMILES string of the molecule is CC(=O)O[C@H](C)OC(=O)NC[C@H](Oc1ccccc1Cl)C(=O)O. The monoisotopic (exact) mass is 345 g/mol. The molecule has 23 heavy (non-hydrogen) atoms. The standard InChI is InChI=1S/C14H16ClNO7/c1-8(17)21-9(2)22-14(20)16-7-12(13(18)19)23-11-6-4-3-5-10(11)15/h3-6,9,12H,7H2,1-2H3,(H,16,20)(H,18,19)/t9-,12-/m0/s1. The van der Waals surface area contributed by atoms with Crippen molar-refractivity contribution in [3.63, 3.8) is 0 Å². The highest BCUT2D eigenvalue weighted by Crippen LogP contribution is 2.24. The molecular weight excluding hydrogens is 330 g/mol. The highest BCUT2D eigenvalue weighted by molar-refractivity contribution is 6.32. The third kappa shape index (κ3) is 6.88. The summed E-state index contributed by atoms with van der Waals surface area (Å²) < 4.78 is 14.5. The van der Waals surface area contributed by atoms with Crippen molar-refractivity contribution in [1.29, 1.82) is 0 Å². The number of alkyl carbamates (subject to hydrolysis) is 1. The quantitative estimate of drug-likeness (QED) is 0.572. The minimum absolute atomic E-state index is 0.171. The molecule has 0 heterocycles. The van der Waals surface area contributed by atoms with Gasteiger partial charge in [-0.05, 0) is 12.1 Å². The zero-order valence-corrected chi connectivity index (χ0v) is 13.2.